The molecule has 0 spiro atoms. The van der Waals surface area contributed by atoms with Crippen LogP contribution in [0.25, 0.3) is 0 Å². The fourth-order valence-corrected chi connectivity index (χ4v) is 1.91. The number of carbonyl (C=O) groups is 2. The van der Waals surface area contributed by atoms with Crippen LogP contribution in [0, 0.1) is 5.92 Å². The lowest BCUT2D eigenvalue weighted by Crippen LogP contribution is -2.46. The summed E-state index contributed by atoms with van der Waals surface area (Å²) in [6.45, 7) is 5.63. The molecular weight excluding hydrogens is 261 g/mol. The number of piperidine rings is 1. The quantitative estimate of drug-likeness (QED) is 0.795. The lowest BCUT2D eigenvalue weighted by molar-refractivity contribution is -0.186. The number of hydrogen-bond donors (Lipinski definition) is 1. The highest BCUT2D eigenvalue weighted by Gasteiger charge is 2.43. The third-order valence-electron chi connectivity index (χ3n) is 3.08. The topological polar surface area (TPSA) is 49.4 Å². The Hall–Kier alpha value is -1.53. The molecule has 1 fully saturated rings. The Labute approximate surface area is 109 Å². The van der Waals surface area contributed by atoms with Crippen molar-refractivity contribution in [1.29, 1.82) is 0 Å². The molecular formula is C12H17F3N2O2. The van der Waals surface area contributed by atoms with E-state index in [2.05, 4.69) is 11.9 Å². The largest absolute Gasteiger partial charge is 0.471 e. The van der Waals surface area contributed by atoms with Gasteiger partial charge in [-0.2, -0.15) is 13.2 Å². The number of hydrogen-bond acceptors (Lipinski definition) is 2. The van der Waals surface area contributed by atoms with Gasteiger partial charge >= 0.3 is 12.1 Å². The van der Waals surface area contributed by atoms with Crippen LogP contribution in [0.4, 0.5) is 13.2 Å². The number of halogens is 3. The van der Waals surface area contributed by atoms with E-state index in [4.69, 9.17) is 0 Å². The van der Waals surface area contributed by atoms with Crippen molar-refractivity contribution in [2.45, 2.75) is 25.9 Å². The molecule has 19 heavy (non-hydrogen) atoms. The smallest absolute Gasteiger partial charge is 0.352 e. The fraction of sp³-hybridized carbons (Fsp3) is 0.667. The van der Waals surface area contributed by atoms with Crippen molar-refractivity contribution in [2.24, 2.45) is 5.92 Å². The van der Waals surface area contributed by atoms with E-state index in [1.54, 1.807) is 6.92 Å². The van der Waals surface area contributed by atoms with Crippen LogP contribution >= 0.6 is 0 Å². The molecule has 1 heterocycles. The molecule has 0 saturated carbocycles. The molecule has 0 unspecified atom stereocenters. The zero-order chi connectivity index (χ0) is 14.6. The first-order valence-corrected chi connectivity index (χ1v) is 6.01. The Bertz CT molecular complexity index is 372. The van der Waals surface area contributed by atoms with Crippen molar-refractivity contribution < 1.29 is 22.8 Å². The summed E-state index contributed by atoms with van der Waals surface area (Å²) in [5, 5.41) is 2.66. The summed E-state index contributed by atoms with van der Waals surface area (Å²) in [6.07, 6.45) is -3.89. The summed E-state index contributed by atoms with van der Waals surface area (Å²) < 4.78 is 36.6. The van der Waals surface area contributed by atoms with E-state index in [9.17, 15) is 22.8 Å². The molecule has 7 heteroatoms. The normalized spacial score (nSPS) is 17.2. The van der Waals surface area contributed by atoms with Gasteiger partial charge in [0.1, 0.15) is 0 Å². The first-order valence-electron chi connectivity index (χ1n) is 6.01. The molecule has 0 aromatic rings. The monoisotopic (exact) mass is 278 g/mol. The van der Waals surface area contributed by atoms with Gasteiger partial charge in [0.25, 0.3) is 0 Å². The fourth-order valence-electron chi connectivity index (χ4n) is 1.91. The van der Waals surface area contributed by atoms with Crippen LogP contribution in [0.5, 0.6) is 0 Å². The molecule has 1 N–H and O–H groups in total. The van der Waals surface area contributed by atoms with Gasteiger partial charge in [-0.15, -0.1) is 0 Å². The van der Waals surface area contributed by atoms with Gasteiger partial charge in [-0.1, -0.05) is 6.58 Å². The van der Waals surface area contributed by atoms with Crippen molar-refractivity contribution in [2.75, 3.05) is 19.6 Å². The molecule has 1 rings (SSSR count). The average Bonchev–Trinajstić information content (AvgIpc) is 2.34. The average molecular weight is 278 g/mol. The highest BCUT2D eigenvalue weighted by molar-refractivity contribution is 5.92. The van der Waals surface area contributed by atoms with Crippen LogP contribution < -0.4 is 5.32 Å². The maximum Gasteiger partial charge on any atom is 0.471 e. The molecule has 2 amide bonds. The van der Waals surface area contributed by atoms with Gasteiger partial charge in [0.15, 0.2) is 0 Å². The van der Waals surface area contributed by atoms with E-state index >= 15 is 0 Å². The molecule has 1 aliphatic heterocycles. The highest BCUT2D eigenvalue weighted by atomic mass is 19.4. The van der Waals surface area contributed by atoms with E-state index in [1.165, 1.54) is 0 Å². The Morgan fingerprint density at radius 1 is 1.32 bits per heavy atom. The molecule has 4 nitrogen and oxygen atoms in total. The zero-order valence-corrected chi connectivity index (χ0v) is 10.7. The molecule has 0 aromatic heterocycles. The SMILES string of the molecule is C=C(C)C(=O)NCC1CCN(C(=O)C(F)(F)F)CC1. The van der Waals surface area contributed by atoms with Crippen molar-refractivity contribution in [3.05, 3.63) is 12.2 Å². The number of nitrogens with one attached hydrogen (secondary N) is 1. The van der Waals surface area contributed by atoms with Crippen LogP contribution in [0.2, 0.25) is 0 Å². The third kappa shape index (κ3) is 4.57. The predicted octanol–water partition coefficient (Wildman–Crippen LogP) is 1.48. The lowest BCUT2D eigenvalue weighted by Gasteiger charge is -2.32. The van der Waals surface area contributed by atoms with Gasteiger partial charge in [0, 0.05) is 25.2 Å². The number of rotatable bonds is 3. The Morgan fingerprint density at radius 2 is 1.84 bits per heavy atom. The van der Waals surface area contributed by atoms with Crippen LogP contribution in [-0.4, -0.2) is 42.5 Å². The second-order valence-corrected chi connectivity index (χ2v) is 4.72. The second-order valence-electron chi connectivity index (χ2n) is 4.72. The first-order chi connectivity index (χ1) is 8.71. The zero-order valence-electron chi connectivity index (χ0n) is 10.7. The Balaban J connectivity index is 2.35. The summed E-state index contributed by atoms with van der Waals surface area (Å²) in [5.74, 6) is -1.94. The van der Waals surface area contributed by atoms with Crippen molar-refractivity contribution in [3.8, 4) is 0 Å². The summed E-state index contributed by atoms with van der Waals surface area (Å²) >= 11 is 0. The molecule has 108 valence electrons. The highest BCUT2D eigenvalue weighted by Crippen LogP contribution is 2.23. The molecule has 0 aromatic carbocycles. The summed E-state index contributed by atoms with van der Waals surface area (Å²) in [6, 6.07) is 0. The number of likely N-dealkylation sites (tertiary alicyclic amines) is 1. The molecule has 0 aliphatic carbocycles. The van der Waals surface area contributed by atoms with E-state index in [0.717, 1.165) is 4.90 Å². The number of nitrogens with zero attached hydrogens (tertiary/aromatic N) is 1. The summed E-state index contributed by atoms with van der Waals surface area (Å²) in [5.41, 5.74) is 0.393. The maximum atomic E-state index is 12.2. The summed E-state index contributed by atoms with van der Waals surface area (Å²) in [7, 11) is 0. The van der Waals surface area contributed by atoms with Crippen LogP contribution in [0.3, 0.4) is 0 Å². The Morgan fingerprint density at radius 3 is 2.26 bits per heavy atom. The Kier molecular flexibility index (Phi) is 4.97. The van der Waals surface area contributed by atoms with Crippen molar-refractivity contribution in [3.63, 3.8) is 0 Å². The van der Waals surface area contributed by atoms with Crippen molar-refractivity contribution >= 4 is 11.8 Å². The van der Waals surface area contributed by atoms with Crippen LogP contribution in [-0.2, 0) is 9.59 Å². The molecule has 0 radical (unpaired) electrons. The molecule has 1 aliphatic rings. The van der Waals surface area contributed by atoms with Crippen LogP contribution in [0.1, 0.15) is 19.8 Å². The van der Waals surface area contributed by atoms with E-state index in [-0.39, 0.29) is 24.9 Å². The molecule has 1 saturated heterocycles. The summed E-state index contributed by atoms with van der Waals surface area (Å²) in [4.78, 5) is 23.1. The van der Waals surface area contributed by atoms with Gasteiger partial charge in [0.05, 0.1) is 0 Å². The number of alkyl halides is 3. The second kappa shape index (κ2) is 6.08. The number of carbonyl (C=O) groups excluding carboxylic acids is 2. The minimum Gasteiger partial charge on any atom is -0.352 e. The van der Waals surface area contributed by atoms with Gasteiger partial charge in [-0.25, -0.2) is 0 Å². The molecule has 0 bridgehead atoms. The minimum absolute atomic E-state index is 0.0753. The third-order valence-corrected chi connectivity index (χ3v) is 3.08. The molecule has 0 atom stereocenters. The van der Waals surface area contributed by atoms with Gasteiger partial charge in [-0.05, 0) is 25.7 Å². The van der Waals surface area contributed by atoms with Crippen LogP contribution in [0.15, 0.2) is 12.2 Å². The standard InChI is InChI=1S/C12H17F3N2O2/c1-8(2)10(18)16-7-9-3-5-17(6-4-9)11(19)12(13,14)15/h9H,1,3-7H2,2H3,(H,16,18). The number of amides is 2. The van der Waals surface area contributed by atoms with Gasteiger partial charge in [-0.3, -0.25) is 9.59 Å². The first kappa shape index (κ1) is 15.5. The predicted molar refractivity (Wildman–Crippen MR) is 63.2 cm³/mol. The van der Waals surface area contributed by atoms with E-state index in [1.807, 2.05) is 0 Å². The van der Waals surface area contributed by atoms with E-state index in [0.29, 0.717) is 25.0 Å². The van der Waals surface area contributed by atoms with Gasteiger partial charge < -0.3 is 10.2 Å². The van der Waals surface area contributed by atoms with Crippen molar-refractivity contribution in [1.82, 2.24) is 10.2 Å². The maximum absolute atomic E-state index is 12.2. The minimum atomic E-state index is -4.80. The van der Waals surface area contributed by atoms with E-state index < -0.39 is 12.1 Å². The van der Waals surface area contributed by atoms with Gasteiger partial charge in [0.2, 0.25) is 5.91 Å². The lowest BCUT2D eigenvalue weighted by atomic mass is 9.96.